The van der Waals surface area contributed by atoms with Gasteiger partial charge in [-0.3, -0.25) is 14.5 Å². The van der Waals surface area contributed by atoms with E-state index in [1.54, 1.807) is 30.3 Å². The van der Waals surface area contributed by atoms with Crippen molar-refractivity contribution in [2.75, 3.05) is 12.0 Å². The number of Topliss-reactive ketones (excluding diaryl/α,β-unsaturated/α-hetero) is 1. The molecule has 6 heteroatoms. The smallest absolute Gasteiger partial charge is 0.294 e. The molecule has 3 aromatic rings. The summed E-state index contributed by atoms with van der Waals surface area (Å²) in [6, 6.07) is 15.0. The summed E-state index contributed by atoms with van der Waals surface area (Å²) in [6.45, 7) is 3.85. The van der Waals surface area contributed by atoms with Crippen molar-refractivity contribution in [2.24, 2.45) is 0 Å². The highest BCUT2D eigenvalue weighted by Gasteiger charge is 2.46. The van der Waals surface area contributed by atoms with Crippen LogP contribution in [0.5, 0.6) is 5.75 Å². The third-order valence-corrected chi connectivity index (χ3v) is 5.24. The molecule has 1 atom stereocenters. The Kier molecular flexibility index (Phi) is 4.91. The van der Waals surface area contributed by atoms with Gasteiger partial charge in [-0.15, -0.1) is 0 Å². The number of para-hydroxylation sites is 1. The van der Waals surface area contributed by atoms with E-state index in [-0.39, 0.29) is 11.3 Å². The fourth-order valence-electron chi connectivity index (χ4n) is 3.89. The average Bonchev–Trinajstić information content (AvgIpc) is 3.36. The predicted molar refractivity (Wildman–Crippen MR) is 112 cm³/mol. The van der Waals surface area contributed by atoms with Crippen molar-refractivity contribution in [1.29, 1.82) is 0 Å². The lowest BCUT2D eigenvalue weighted by atomic mass is 9.93. The number of ether oxygens (including phenoxy) is 1. The largest absolute Gasteiger partial charge is 0.503 e. The summed E-state index contributed by atoms with van der Waals surface area (Å²) in [7, 11) is 1.52. The molecule has 1 aliphatic rings. The highest BCUT2D eigenvalue weighted by Crippen LogP contribution is 2.45. The zero-order chi connectivity index (χ0) is 21.4. The number of methoxy groups -OCH3 is 1. The summed E-state index contributed by atoms with van der Waals surface area (Å²) in [5, 5.41) is 10.8. The highest BCUT2D eigenvalue weighted by molar-refractivity contribution is 6.20. The van der Waals surface area contributed by atoms with E-state index in [0.29, 0.717) is 17.0 Å². The van der Waals surface area contributed by atoms with Gasteiger partial charge in [0.25, 0.3) is 5.91 Å². The fourth-order valence-corrected chi connectivity index (χ4v) is 3.89. The minimum atomic E-state index is -0.868. The van der Waals surface area contributed by atoms with Gasteiger partial charge in [-0.05, 0) is 43.7 Å². The third-order valence-electron chi connectivity index (χ3n) is 5.24. The molecule has 152 valence electrons. The van der Waals surface area contributed by atoms with Crippen molar-refractivity contribution in [3.05, 3.63) is 94.6 Å². The van der Waals surface area contributed by atoms with Crippen molar-refractivity contribution in [2.45, 2.75) is 19.9 Å². The maximum absolute atomic E-state index is 13.2. The summed E-state index contributed by atoms with van der Waals surface area (Å²) >= 11 is 0. The number of carbonyl (C=O) groups is 2. The number of ketones is 1. The molecule has 2 heterocycles. The molecule has 0 fully saturated rings. The number of amides is 1. The topological polar surface area (TPSA) is 80.0 Å². The zero-order valence-electron chi connectivity index (χ0n) is 16.9. The second-order valence-electron chi connectivity index (χ2n) is 7.18. The molecular weight excluding hydrogens is 382 g/mol. The normalized spacial score (nSPS) is 16.3. The Labute approximate surface area is 174 Å². The minimum absolute atomic E-state index is 0.0422. The first-order valence-electron chi connectivity index (χ1n) is 9.49. The lowest BCUT2D eigenvalue weighted by Gasteiger charge is -2.29. The minimum Gasteiger partial charge on any atom is -0.503 e. The molecule has 2 aromatic carbocycles. The molecule has 1 aromatic heterocycles. The van der Waals surface area contributed by atoms with Gasteiger partial charge in [0.15, 0.2) is 11.5 Å². The van der Waals surface area contributed by atoms with Gasteiger partial charge in [-0.2, -0.15) is 0 Å². The number of nitrogens with zero attached hydrogens (tertiary/aromatic N) is 1. The van der Waals surface area contributed by atoms with Crippen LogP contribution in [0.1, 0.15) is 33.3 Å². The first-order valence-corrected chi connectivity index (χ1v) is 9.49. The highest BCUT2D eigenvalue weighted by atomic mass is 16.5. The summed E-state index contributed by atoms with van der Waals surface area (Å²) in [4.78, 5) is 27.9. The van der Waals surface area contributed by atoms with E-state index in [4.69, 9.17) is 9.15 Å². The van der Waals surface area contributed by atoms with Gasteiger partial charge in [0, 0.05) is 11.3 Å². The van der Waals surface area contributed by atoms with Crippen molar-refractivity contribution in [3.8, 4) is 5.75 Å². The summed E-state index contributed by atoms with van der Waals surface area (Å²) in [6.07, 6.45) is 1.38. The van der Waals surface area contributed by atoms with Crippen LogP contribution in [0.15, 0.2) is 76.6 Å². The third kappa shape index (κ3) is 3.06. The Balaban J connectivity index is 1.95. The maximum Gasteiger partial charge on any atom is 0.294 e. The number of carbonyl (C=O) groups excluding carboxylic acids is 2. The Bertz CT molecular complexity index is 1160. The van der Waals surface area contributed by atoms with Gasteiger partial charge >= 0.3 is 0 Å². The van der Waals surface area contributed by atoms with Crippen LogP contribution in [0.4, 0.5) is 5.69 Å². The van der Waals surface area contributed by atoms with Crippen molar-refractivity contribution < 1.29 is 23.8 Å². The van der Waals surface area contributed by atoms with E-state index >= 15 is 0 Å². The standard InChI is InChI=1S/C24H21NO5/c1-14-10-11-17(15(2)13-14)25-21(16-7-4-5-8-18(16)29-3)20(23(27)24(25)28)22(26)19-9-6-12-30-19/h4-13,21,27H,1-3H3. The number of aryl methyl sites for hydroxylation is 2. The molecule has 30 heavy (non-hydrogen) atoms. The van der Waals surface area contributed by atoms with Crippen LogP contribution in [0.2, 0.25) is 0 Å². The van der Waals surface area contributed by atoms with E-state index in [1.807, 2.05) is 32.0 Å². The number of aliphatic hydroxyl groups excluding tert-OH is 1. The molecule has 0 saturated heterocycles. The average molecular weight is 403 g/mol. The van der Waals surface area contributed by atoms with E-state index in [2.05, 4.69) is 0 Å². The molecule has 1 aliphatic heterocycles. The molecule has 0 bridgehead atoms. The molecule has 4 rings (SSSR count). The molecular formula is C24H21NO5. The van der Waals surface area contributed by atoms with Crippen molar-refractivity contribution in [3.63, 3.8) is 0 Å². The lowest BCUT2D eigenvalue weighted by molar-refractivity contribution is -0.117. The van der Waals surface area contributed by atoms with Crippen LogP contribution in [0.25, 0.3) is 0 Å². The molecule has 1 N–H and O–H groups in total. The van der Waals surface area contributed by atoms with Crippen LogP contribution >= 0.6 is 0 Å². The van der Waals surface area contributed by atoms with Gasteiger partial charge in [0.1, 0.15) is 5.75 Å². The Morgan fingerprint density at radius 3 is 2.53 bits per heavy atom. The number of benzene rings is 2. The van der Waals surface area contributed by atoms with Crippen LogP contribution in [-0.4, -0.2) is 23.9 Å². The summed E-state index contributed by atoms with van der Waals surface area (Å²) < 4.78 is 10.8. The number of hydrogen-bond acceptors (Lipinski definition) is 5. The quantitative estimate of drug-likeness (QED) is 0.625. The first-order chi connectivity index (χ1) is 14.4. The van der Waals surface area contributed by atoms with Gasteiger partial charge < -0.3 is 14.3 Å². The van der Waals surface area contributed by atoms with Gasteiger partial charge in [-0.1, -0.05) is 35.9 Å². The second kappa shape index (κ2) is 7.55. The van der Waals surface area contributed by atoms with Crippen LogP contribution in [0, 0.1) is 13.8 Å². The van der Waals surface area contributed by atoms with E-state index in [1.165, 1.54) is 24.3 Å². The number of anilines is 1. The molecule has 0 spiro atoms. The molecule has 1 amide bonds. The Morgan fingerprint density at radius 1 is 1.10 bits per heavy atom. The Morgan fingerprint density at radius 2 is 1.87 bits per heavy atom. The molecule has 6 nitrogen and oxygen atoms in total. The second-order valence-corrected chi connectivity index (χ2v) is 7.18. The molecule has 0 radical (unpaired) electrons. The van der Waals surface area contributed by atoms with Crippen LogP contribution < -0.4 is 9.64 Å². The van der Waals surface area contributed by atoms with Gasteiger partial charge in [0.2, 0.25) is 5.78 Å². The van der Waals surface area contributed by atoms with Crippen LogP contribution in [0.3, 0.4) is 0 Å². The first kappa shape index (κ1) is 19.5. The summed E-state index contributed by atoms with van der Waals surface area (Å²) in [5.74, 6) is -1.23. The summed E-state index contributed by atoms with van der Waals surface area (Å²) in [5.41, 5.74) is 3.05. The number of rotatable bonds is 5. The van der Waals surface area contributed by atoms with E-state index < -0.39 is 23.5 Å². The van der Waals surface area contributed by atoms with Crippen molar-refractivity contribution in [1.82, 2.24) is 0 Å². The number of hydrogen-bond donors (Lipinski definition) is 1. The van der Waals surface area contributed by atoms with E-state index in [9.17, 15) is 14.7 Å². The molecule has 0 saturated carbocycles. The Hall–Kier alpha value is -3.80. The fraction of sp³-hybridized carbons (Fsp3) is 0.167. The zero-order valence-corrected chi connectivity index (χ0v) is 16.9. The predicted octanol–water partition coefficient (Wildman–Crippen LogP) is 4.69. The van der Waals surface area contributed by atoms with Crippen molar-refractivity contribution >= 4 is 17.4 Å². The van der Waals surface area contributed by atoms with Gasteiger partial charge in [-0.25, -0.2) is 0 Å². The lowest BCUT2D eigenvalue weighted by Crippen LogP contribution is -2.31. The maximum atomic E-state index is 13.2. The number of aliphatic hydroxyl groups is 1. The van der Waals surface area contributed by atoms with E-state index in [0.717, 1.165) is 11.1 Å². The monoisotopic (exact) mass is 403 g/mol. The van der Waals surface area contributed by atoms with Gasteiger partial charge in [0.05, 0.1) is 25.0 Å². The molecule has 0 aliphatic carbocycles. The van der Waals surface area contributed by atoms with Crippen LogP contribution in [-0.2, 0) is 4.79 Å². The molecule has 1 unspecified atom stereocenters. The number of furan rings is 1. The SMILES string of the molecule is COc1ccccc1C1C(C(=O)c2ccco2)=C(O)C(=O)N1c1ccc(C)cc1C.